The summed E-state index contributed by atoms with van der Waals surface area (Å²) in [5, 5.41) is 3.25. The topological polar surface area (TPSA) is 101 Å². The van der Waals surface area contributed by atoms with Gasteiger partial charge in [-0.05, 0) is 55.7 Å². The van der Waals surface area contributed by atoms with E-state index in [2.05, 4.69) is 5.32 Å². The maximum atomic E-state index is 12.7. The van der Waals surface area contributed by atoms with Gasteiger partial charge in [0.25, 0.3) is 0 Å². The Morgan fingerprint density at radius 3 is 2.16 bits per heavy atom. The third-order valence-corrected chi connectivity index (χ3v) is 9.25. The zero-order valence-corrected chi connectivity index (χ0v) is 19.3. The van der Waals surface area contributed by atoms with E-state index in [-0.39, 0.29) is 47.0 Å². The first-order valence-corrected chi connectivity index (χ1v) is 13.5. The fraction of sp³-hybridized carbons (Fsp3) is 0.381. The minimum atomic E-state index is -3.62. The third-order valence-electron chi connectivity index (χ3n) is 5.27. The number of hydrogen-bond donors (Lipinski definition) is 1. The summed E-state index contributed by atoms with van der Waals surface area (Å²) in [6.45, 7) is 0.769. The predicted octanol–water partition coefficient (Wildman–Crippen LogP) is 2.72. The van der Waals surface area contributed by atoms with Crippen LogP contribution >= 0.6 is 11.6 Å². The number of amides is 1. The normalized spacial score (nSPS) is 16.2. The van der Waals surface area contributed by atoms with Crippen LogP contribution in [0.4, 0.5) is 0 Å². The van der Waals surface area contributed by atoms with Crippen molar-refractivity contribution in [3.05, 3.63) is 59.6 Å². The van der Waals surface area contributed by atoms with Crippen molar-refractivity contribution in [2.24, 2.45) is 5.92 Å². The number of nitrogens with zero attached hydrogens (tertiary/aromatic N) is 1. The summed E-state index contributed by atoms with van der Waals surface area (Å²) in [5.74, 6) is -0.502. The summed E-state index contributed by atoms with van der Waals surface area (Å²) in [5.41, 5.74) is 0. The Hall–Kier alpha value is -1.94. The van der Waals surface area contributed by atoms with Gasteiger partial charge in [0.1, 0.15) is 0 Å². The summed E-state index contributed by atoms with van der Waals surface area (Å²) >= 11 is 5.82. The molecule has 10 heteroatoms. The maximum Gasteiger partial charge on any atom is 0.243 e. The number of nitrogens with one attached hydrogen (secondary N) is 1. The highest BCUT2D eigenvalue weighted by atomic mass is 35.5. The van der Waals surface area contributed by atoms with Crippen molar-refractivity contribution < 1.29 is 21.6 Å². The van der Waals surface area contributed by atoms with Crippen LogP contribution in [0.15, 0.2) is 64.4 Å². The second-order valence-corrected chi connectivity index (χ2v) is 11.9. The molecule has 0 unspecified atom stereocenters. The van der Waals surface area contributed by atoms with E-state index in [0.717, 1.165) is 0 Å². The zero-order valence-electron chi connectivity index (χ0n) is 16.9. The van der Waals surface area contributed by atoms with Crippen molar-refractivity contribution in [3.63, 3.8) is 0 Å². The molecule has 2 aromatic rings. The van der Waals surface area contributed by atoms with Crippen LogP contribution in [0, 0.1) is 5.92 Å². The standard InChI is InChI=1S/C21H25ClN2O5S2/c22-18-7-9-20(10-8-18)31(28,29)24-14-11-17(12-15-24)21(25)23-13-4-16-30(26,27)19-5-2-1-3-6-19/h1-3,5-10,17H,4,11-16H2,(H,23,25). The summed E-state index contributed by atoms with van der Waals surface area (Å²) < 4.78 is 51.3. The van der Waals surface area contributed by atoms with Gasteiger partial charge in [-0.1, -0.05) is 29.8 Å². The van der Waals surface area contributed by atoms with Crippen LogP contribution in [0.25, 0.3) is 0 Å². The average molecular weight is 485 g/mol. The second-order valence-electron chi connectivity index (χ2n) is 7.41. The first-order valence-electron chi connectivity index (χ1n) is 10.0. The minimum absolute atomic E-state index is 0.0466. The quantitative estimate of drug-likeness (QED) is 0.580. The largest absolute Gasteiger partial charge is 0.356 e. The van der Waals surface area contributed by atoms with Crippen LogP contribution in [0.1, 0.15) is 19.3 Å². The zero-order chi connectivity index (χ0) is 22.5. The molecule has 0 aliphatic carbocycles. The highest BCUT2D eigenvalue weighted by Crippen LogP contribution is 2.25. The van der Waals surface area contributed by atoms with Gasteiger partial charge in [0.2, 0.25) is 15.9 Å². The van der Waals surface area contributed by atoms with Crippen molar-refractivity contribution in [2.75, 3.05) is 25.4 Å². The molecule has 0 aromatic heterocycles. The Morgan fingerprint density at radius 1 is 0.935 bits per heavy atom. The number of rotatable bonds is 8. The van der Waals surface area contributed by atoms with Gasteiger partial charge in [0, 0.05) is 30.6 Å². The Labute approximate surface area is 188 Å². The van der Waals surface area contributed by atoms with E-state index in [1.807, 2.05) is 0 Å². The molecule has 1 amide bonds. The lowest BCUT2D eigenvalue weighted by molar-refractivity contribution is -0.126. The molecule has 2 aromatic carbocycles. The van der Waals surface area contributed by atoms with Crippen molar-refractivity contribution >= 4 is 37.4 Å². The fourth-order valence-corrected chi connectivity index (χ4v) is 6.41. The summed E-state index contributed by atoms with van der Waals surface area (Å²) in [6, 6.07) is 14.2. The van der Waals surface area contributed by atoms with Crippen LogP contribution in [-0.4, -0.2) is 52.4 Å². The van der Waals surface area contributed by atoms with E-state index >= 15 is 0 Å². The van der Waals surface area contributed by atoms with Gasteiger partial charge in [-0.25, -0.2) is 16.8 Å². The Bertz CT molecular complexity index is 1100. The molecule has 1 N–H and O–H groups in total. The molecule has 3 rings (SSSR count). The van der Waals surface area contributed by atoms with E-state index in [0.29, 0.717) is 24.3 Å². The van der Waals surface area contributed by atoms with Gasteiger partial charge in [-0.3, -0.25) is 4.79 Å². The van der Waals surface area contributed by atoms with E-state index < -0.39 is 19.9 Å². The van der Waals surface area contributed by atoms with Crippen molar-refractivity contribution in [3.8, 4) is 0 Å². The molecular formula is C21H25ClN2O5S2. The van der Waals surface area contributed by atoms with E-state index in [9.17, 15) is 21.6 Å². The lowest BCUT2D eigenvalue weighted by Crippen LogP contribution is -2.43. The third kappa shape index (κ3) is 6.06. The molecule has 0 atom stereocenters. The van der Waals surface area contributed by atoms with Crippen molar-refractivity contribution in [2.45, 2.75) is 29.1 Å². The van der Waals surface area contributed by atoms with Crippen LogP contribution in [0.2, 0.25) is 5.02 Å². The molecule has 1 fully saturated rings. The number of carbonyl (C=O) groups excluding carboxylic acids is 1. The molecule has 0 bridgehead atoms. The highest BCUT2D eigenvalue weighted by molar-refractivity contribution is 7.91. The van der Waals surface area contributed by atoms with Crippen molar-refractivity contribution in [1.82, 2.24) is 9.62 Å². The summed E-state index contributed by atoms with van der Waals surface area (Å²) in [7, 11) is -6.98. The van der Waals surface area contributed by atoms with Gasteiger partial charge < -0.3 is 5.32 Å². The molecule has 31 heavy (non-hydrogen) atoms. The maximum absolute atomic E-state index is 12.7. The highest BCUT2D eigenvalue weighted by Gasteiger charge is 2.32. The van der Waals surface area contributed by atoms with E-state index in [4.69, 9.17) is 11.6 Å². The molecule has 1 aliphatic heterocycles. The summed E-state index contributed by atoms with van der Waals surface area (Å²) in [4.78, 5) is 12.9. The minimum Gasteiger partial charge on any atom is -0.356 e. The number of piperidine rings is 1. The first-order chi connectivity index (χ1) is 14.7. The Kier molecular flexibility index (Phi) is 7.74. The lowest BCUT2D eigenvalue weighted by atomic mass is 9.97. The van der Waals surface area contributed by atoms with E-state index in [1.54, 1.807) is 30.3 Å². The second kappa shape index (κ2) is 10.1. The lowest BCUT2D eigenvalue weighted by Gasteiger charge is -2.30. The molecule has 7 nitrogen and oxygen atoms in total. The first kappa shape index (κ1) is 23.7. The average Bonchev–Trinajstić information content (AvgIpc) is 2.77. The number of halogens is 1. The van der Waals surface area contributed by atoms with E-state index in [1.165, 1.54) is 28.6 Å². The number of carbonyl (C=O) groups is 1. The monoisotopic (exact) mass is 484 g/mol. The predicted molar refractivity (Wildman–Crippen MR) is 119 cm³/mol. The SMILES string of the molecule is O=C(NCCCS(=O)(=O)c1ccccc1)C1CCN(S(=O)(=O)c2ccc(Cl)cc2)CC1. The smallest absolute Gasteiger partial charge is 0.243 e. The number of benzene rings is 2. The fourth-order valence-electron chi connectivity index (χ4n) is 3.48. The molecule has 1 heterocycles. The Balaban J connectivity index is 1.44. The Morgan fingerprint density at radius 2 is 1.55 bits per heavy atom. The summed E-state index contributed by atoms with van der Waals surface area (Å²) in [6.07, 6.45) is 1.15. The van der Waals surface area contributed by atoms with Gasteiger partial charge in [-0.2, -0.15) is 4.31 Å². The molecule has 168 valence electrons. The molecule has 1 saturated heterocycles. The van der Waals surface area contributed by atoms with Crippen molar-refractivity contribution in [1.29, 1.82) is 0 Å². The van der Waals surface area contributed by atoms with Gasteiger partial charge in [0.05, 0.1) is 15.5 Å². The van der Waals surface area contributed by atoms with Gasteiger partial charge in [0.15, 0.2) is 9.84 Å². The van der Waals surface area contributed by atoms with Crippen LogP contribution < -0.4 is 5.32 Å². The number of hydrogen-bond acceptors (Lipinski definition) is 5. The van der Waals surface area contributed by atoms with Crippen LogP contribution in [0.3, 0.4) is 0 Å². The van der Waals surface area contributed by atoms with Gasteiger partial charge >= 0.3 is 0 Å². The number of sulfone groups is 1. The molecular weight excluding hydrogens is 460 g/mol. The molecule has 0 radical (unpaired) electrons. The molecule has 0 saturated carbocycles. The molecule has 1 aliphatic rings. The number of sulfonamides is 1. The molecule has 0 spiro atoms. The van der Waals surface area contributed by atoms with Gasteiger partial charge in [-0.15, -0.1) is 0 Å². The van der Waals surface area contributed by atoms with Crippen LogP contribution in [0.5, 0.6) is 0 Å². The van der Waals surface area contributed by atoms with Crippen LogP contribution in [-0.2, 0) is 24.7 Å².